The van der Waals surface area contributed by atoms with Crippen molar-refractivity contribution >= 4 is 33.2 Å². The van der Waals surface area contributed by atoms with E-state index < -0.39 is 5.54 Å². The van der Waals surface area contributed by atoms with Crippen LogP contribution < -0.4 is 21.1 Å². The van der Waals surface area contributed by atoms with Crippen molar-refractivity contribution in [1.29, 1.82) is 0 Å². The van der Waals surface area contributed by atoms with Crippen LogP contribution in [0, 0.1) is 13.8 Å². The molecule has 5 nitrogen and oxygen atoms in total. The molecule has 2 aromatic rings. The van der Waals surface area contributed by atoms with Crippen LogP contribution in [-0.4, -0.2) is 18.6 Å². The van der Waals surface area contributed by atoms with Crippen LogP contribution in [0.25, 0.3) is 0 Å². The van der Waals surface area contributed by atoms with Crippen molar-refractivity contribution in [2.24, 2.45) is 0 Å². The molecule has 1 aliphatic rings. The number of nitrogens with two attached hydrogens (primary N) is 1. The molecule has 0 aliphatic heterocycles. The number of methoxy groups -OCH3 is 1. The zero-order chi connectivity index (χ0) is 21.0. The van der Waals surface area contributed by atoms with Crippen LogP contribution >= 0.6 is 15.9 Å². The third kappa shape index (κ3) is 4.93. The van der Waals surface area contributed by atoms with Gasteiger partial charge in [-0.25, -0.2) is 0 Å². The largest absolute Gasteiger partial charge is 0.496 e. The van der Waals surface area contributed by atoms with E-state index in [-0.39, 0.29) is 5.91 Å². The summed E-state index contributed by atoms with van der Waals surface area (Å²) in [6, 6.07) is 9.72. The number of hydrogen-bond donors (Lipinski definition) is 3. The Balaban J connectivity index is 1.80. The van der Waals surface area contributed by atoms with Crippen molar-refractivity contribution in [3.05, 3.63) is 51.5 Å². The van der Waals surface area contributed by atoms with Gasteiger partial charge in [0, 0.05) is 28.5 Å². The van der Waals surface area contributed by atoms with Crippen molar-refractivity contribution in [2.45, 2.75) is 58.0 Å². The predicted octanol–water partition coefficient (Wildman–Crippen LogP) is 5.09. The predicted molar refractivity (Wildman–Crippen MR) is 122 cm³/mol. The molecule has 6 heteroatoms. The number of carbonyl (C=O) groups excluding carboxylic acids is 1. The molecule has 0 bridgehead atoms. The average molecular weight is 460 g/mol. The molecule has 1 saturated carbocycles. The van der Waals surface area contributed by atoms with Gasteiger partial charge in [-0.05, 0) is 61.6 Å². The Kier molecular flexibility index (Phi) is 6.85. The van der Waals surface area contributed by atoms with Crippen LogP contribution in [0.15, 0.2) is 34.8 Å². The summed E-state index contributed by atoms with van der Waals surface area (Å²) in [6.07, 6.45) is 4.86. The monoisotopic (exact) mass is 459 g/mol. The average Bonchev–Trinajstić information content (AvgIpc) is 2.69. The smallest absolute Gasteiger partial charge is 0.244 e. The molecule has 29 heavy (non-hydrogen) atoms. The van der Waals surface area contributed by atoms with Gasteiger partial charge in [-0.1, -0.05) is 41.3 Å². The first kappa shape index (κ1) is 21.7. The molecule has 1 fully saturated rings. The Morgan fingerprint density at radius 3 is 2.52 bits per heavy atom. The van der Waals surface area contributed by atoms with Crippen LogP contribution in [-0.2, 0) is 11.3 Å². The van der Waals surface area contributed by atoms with Gasteiger partial charge in [-0.15, -0.1) is 0 Å². The Labute approximate surface area is 181 Å². The number of carbonyl (C=O) groups is 1. The standard InChI is InChI=1S/C23H30BrN3O2/c1-15-7-8-18(13-21(15)29-3)27-22(28)23(9-5-4-6-10-23)26-14-19-16(2)11-17(24)12-20(19)25/h7-8,11-13,26H,4-6,9-10,14,25H2,1-3H3,(H,27,28). The molecule has 0 saturated heterocycles. The lowest BCUT2D eigenvalue weighted by molar-refractivity contribution is -0.123. The zero-order valence-electron chi connectivity index (χ0n) is 17.4. The van der Waals surface area contributed by atoms with Crippen molar-refractivity contribution in [3.8, 4) is 5.75 Å². The molecule has 0 radical (unpaired) electrons. The van der Waals surface area contributed by atoms with E-state index in [0.29, 0.717) is 6.54 Å². The fourth-order valence-electron chi connectivity index (χ4n) is 4.09. The minimum Gasteiger partial charge on any atom is -0.496 e. The number of aryl methyl sites for hydroxylation is 2. The van der Waals surface area contributed by atoms with E-state index in [2.05, 4.69) is 32.6 Å². The summed E-state index contributed by atoms with van der Waals surface area (Å²) in [5, 5.41) is 6.68. The van der Waals surface area contributed by atoms with Gasteiger partial charge in [0.2, 0.25) is 5.91 Å². The van der Waals surface area contributed by atoms with Crippen LogP contribution in [0.2, 0.25) is 0 Å². The number of anilines is 2. The summed E-state index contributed by atoms with van der Waals surface area (Å²) >= 11 is 3.49. The van der Waals surface area contributed by atoms with E-state index >= 15 is 0 Å². The highest BCUT2D eigenvalue weighted by atomic mass is 79.9. The van der Waals surface area contributed by atoms with E-state index in [0.717, 1.165) is 70.4 Å². The van der Waals surface area contributed by atoms with Crippen LogP contribution in [0.3, 0.4) is 0 Å². The summed E-state index contributed by atoms with van der Waals surface area (Å²) in [6.45, 7) is 4.60. The molecule has 0 spiro atoms. The number of amides is 1. The second-order valence-corrected chi connectivity index (χ2v) is 8.84. The summed E-state index contributed by atoms with van der Waals surface area (Å²) in [5.74, 6) is 0.781. The van der Waals surface area contributed by atoms with Crippen LogP contribution in [0.1, 0.15) is 48.8 Å². The fraction of sp³-hybridized carbons (Fsp3) is 0.435. The number of nitrogen functional groups attached to an aromatic ring is 1. The minimum absolute atomic E-state index is 0.0106. The van der Waals surface area contributed by atoms with Gasteiger partial charge in [-0.3, -0.25) is 10.1 Å². The summed E-state index contributed by atoms with van der Waals surface area (Å²) < 4.78 is 6.36. The number of nitrogens with one attached hydrogen (secondary N) is 2. The van der Waals surface area contributed by atoms with Gasteiger partial charge in [0.1, 0.15) is 5.75 Å². The first-order chi connectivity index (χ1) is 13.8. The van der Waals surface area contributed by atoms with Gasteiger partial charge in [0.05, 0.1) is 12.6 Å². The number of hydrogen-bond acceptors (Lipinski definition) is 4. The Morgan fingerprint density at radius 1 is 1.14 bits per heavy atom. The number of rotatable bonds is 6. The highest BCUT2D eigenvalue weighted by molar-refractivity contribution is 9.10. The van der Waals surface area contributed by atoms with E-state index in [1.165, 1.54) is 0 Å². The van der Waals surface area contributed by atoms with Crippen molar-refractivity contribution in [2.75, 3.05) is 18.2 Å². The van der Waals surface area contributed by atoms with E-state index in [9.17, 15) is 4.79 Å². The number of halogens is 1. The Bertz CT molecular complexity index is 869. The summed E-state index contributed by atoms with van der Waals surface area (Å²) in [7, 11) is 1.64. The molecular weight excluding hydrogens is 430 g/mol. The van der Waals surface area contributed by atoms with E-state index in [1.807, 2.05) is 38.1 Å². The maximum atomic E-state index is 13.4. The second-order valence-electron chi connectivity index (χ2n) is 7.93. The molecular formula is C23H30BrN3O2. The van der Waals surface area contributed by atoms with Gasteiger partial charge in [0.25, 0.3) is 0 Å². The van der Waals surface area contributed by atoms with Gasteiger partial charge >= 0.3 is 0 Å². The Morgan fingerprint density at radius 2 is 1.86 bits per heavy atom. The summed E-state index contributed by atoms with van der Waals surface area (Å²) in [5.41, 5.74) is 10.3. The van der Waals surface area contributed by atoms with E-state index in [4.69, 9.17) is 10.5 Å². The first-order valence-corrected chi connectivity index (χ1v) is 10.9. The normalized spacial score (nSPS) is 15.7. The third-order valence-electron chi connectivity index (χ3n) is 5.88. The molecule has 156 valence electrons. The van der Waals surface area contributed by atoms with Crippen LogP contribution in [0.5, 0.6) is 5.75 Å². The maximum absolute atomic E-state index is 13.4. The highest BCUT2D eigenvalue weighted by Gasteiger charge is 2.39. The first-order valence-electron chi connectivity index (χ1n) is 10.1. The lowest BCUT2D eigenvalue weighted by Crippen LogP contribution is -2.55. The van der Waals surface area contributed by atoms with Gasteiger partial charge < -0.3 is 15.8 Å². The Hall–Kier alpha value is -2.05. The maximum Gasteiger partial charge on any atom is 0.244 e. The molecule has 0 aromatic heterocycles. The molecule has 3 rings (SSSR count). The minimum atomic E-state index is -0.595. The molecule has 1 aliphatic carbocycles. The topological polar surface area (TPSA) is 76.4 Å². The van der Waals surface area contributed by atoms with Crippen molar-refractivity contribution < 1.29 is 9.53 Å². The molecule has 2 aromatic carbocycles. The highest BCUT2D eigenvalue weighted by Crippen LogP contribution is 2.32. The summed E-state index contributed by atoms with van der Waals surface area (Å²) in [4.78, 5) is 13.4. The van der Waals surface area contributed by atoms with Crippen molar-refractivity contribution in [1.82, 2.24) is 5.32 Å². The molecule has 1 amide bonds. The third-order valence-corrected chi connectivity index (χ3v) is 6.34. The van der Waals surface area contributed by atoms with Gasteiger partial charge in [-0.2, -0.15) is 0 Å². The second kappa shape index (κ2) is 9.18. The molecule has 0 unspecified atom stereocenters. The van der Waals surface area contributed by atoms with Gasteiger partial charge in [0.15, 0.2) is 0 Å². The molecule has 0 atom stereocenters. The lowest BCUT2D eigenvalue weighted by Gasteiger charge is -2.37. The fourth-order valence-corrected chi connectivity index (χ4v) is 4.68. The lowest BCUT2D eigenvalue weighted by atomic mass is 9.80. The quantitative estimate of drug-likeness (QED) is 0.525. The number of ether oxygens (including phenoxy) is 1. The zero-order valence-corrected chi connectivity index (χ0v) is 19.0. The SMILES string of the molecule is COc1cc(NC(=O)C2(NCc3c(C)cc(Br)cc3N)CCCCC2)ccc1C. The van der Waals surface area contributed by atoms with Crippen LogP contribution in [0.4, 0.5) is 11.4 Å². The molecule has 0 heterocycles. The number of benzene rings is 2. The molecule has 4 N–H and O–H groups in total. The van der Waals surface area contributed by atoms with Crippen molar-refractivity contribution in [3.63, 3.8) is 0 Å². The van der Waals surface area contributed by atoms with E-state index in [1.54, 1.807) is 7.11 Å².